The van der Waals surface area contributed by atoms with Gasteiger partial charge in [-0.25, -0.2) is 0 Å². The number of nitrogens with one attached hydrogen (secondary N) is 1. The van der Waals surface area contributed by atoms with Crippen LogP contribution in [0.4, 0.5) is 0 Å². The Morgan fingerprint density at radius 2 is 2.31 bits per heavy atom. The maximum atomic E-state index is 9.67. The molecule has 1 aliphatic carbocycles. The monoisotopic (exact) mass is 243 g/mol. The first-order chi connectivity index (χ1) is 7.74. The molecule has 1 saturated heterocycles. The van der Waals surface area contributed by atoms with E-state index in [0.29, 0.717) is 6.61 Å². The second-order valence-corrected chi connectivity index (χ2v) is 6.90. The van der Waals surface area contributed by atoms with Crippen LogP contribution in [0, 0.1) is 11.8 Å². The van der Waals surface area contributed by atoms with E-state index in [9.17, 15) is 5.11 Å². The Balaban J connectivity index is 1.83. The van der Waals surface area contributed by atoms with Crippen molar-refractivity contribution in [3.8, 4) is 0 Å². The van der Waals surface area contributed by atoms with E-state index >= 15 is 0 Å². The molecular weight excluding hydrogens is 218 g/mol. The van der Waals surface area contributed by atoms with Crippen LogP contribution in [0.3, 0.4) is 0 Å². The molecular formula is C13H25NOS. The Kier molecular flexibility index (Phi) is 4.57. The molecule has 3 heteroatoms. The molecule has 94 valence electrons. The highest BCUT2D eigenvalue weighted by molar-refractivity contribution is 7.99. The maximum absolute atomic E-state index is 9.67. The lowest BCUT2D eigenvalue weighted by molar-refractivity contribution is 0.0965. The zero-order valence-corrected chi connectivity index (χ0v) is 11.2. The second-order valence-electron chi connectivity index (χ2n) is 5.75. The van der Waals surface area contributed by atoms with Gasteiger partial charge in [-0.05, 0) is 49.1 Å². The predicted octanol–water partition coefficient (Wildman–Crippen LogP) is 2.27. The third-order valence-corrected chi connectivity index (χ3v) is 5.42. The summed E-state index contributed by atoms with van der Waals surface area (Å²) in [6, 6.07) is 0. The smallest absolute Gasteiger partial charge is 0.0613 e. The highest BCUT2D eigenvalue weighted by Crippen LogP contribution is 2.32. The minimum atomic E-state index is 0.0466. The van der Waals surface area contributed by atoms with Gasteiger partial charge in [-0.2, -0.15) is 11.8 Å². The summed E-state index contributed by atoms with van der Waals surface area (Å²) in [6.07, 6.45) is 6.28. The van der Waals surface area contributed by atoms with Gasteiger partial charge < -0.3 is 10.4 Å². The quantitative estimate of drug-likeness (QED) is 0.794. The molecule has 3 atom stereocenters. The molecule has 0 amide bonds. The van der Waals surface area contributed by atoms with Crippen molar-refractivity contribution in [1.29, 1.82) is 0 Å². The van der Waals surface area contributed by atoms with E-state index in [2.05, 4.69) is 24.0 Å². The summed E-state index contributed by atoms with van der Waals surface area (Å²) in [4.78, 5) is 0. The normalized spacial score (nSPS) is 40.1. The number of aliphatic hydroxyl groups excluding tert-OH is 1. The van der Waals surface area contributed by atoms with Crippen LogP contribution in [-0.2, 0) is 0 Å². The molecule has 2 N–H and O–H groups in total. The average Bonchev–Trinajstić information content (AvgIpc) is 2.79. The van der Waals surface area contributed by atoms with Gasteiger partial charge in [0.05, 0.1) is 6.61 Å². The van der Waals surface area contributed by atoms with Crippen molar-refractivity contribution in [3.05, 3.63) is 0 Å². The number of thioether (sulfide) groups is 1. The molecule has 0 aromatic heterocycles. The van der Waals surface area contributed by atoms with E-state index in [1.807, 2.05) is 0 Å². The zero-order chi connectivity index (χ0) is 11.4. The van der Waals surface area contributed by atoms with Gasteiger partial charge >= 0.3 is 0 Å². The number of hydrogen-bond donors (Lipinski definition) is 2. The van der Waals surface area contributed by atoms with Crippen molar-refractivity contribution in [1.82, 2.24) is 5.32 Å². The molecule has 0 radical (unpaired) electrons. The SMILES string of the molecule is CC1CCCC(CO)(NCC2CCSC2)C1. The van der Waals surface area contributed by atoms with Gasteiger partial charge in [0.15, 0.2) is 0 Å². The first-order valence-electron chi connectivity index (χ1n) is 6.68. The van der Waals surface area contributed by atoms with Crippen molar-refractivity contribution < 1.29 is 5.11 Å². The van der Waals surface area contributed by atoms with Crippen LogP contribution in [0.25, 0.3) is 0 Å². The molecule has 2 fully saturated rings. The number of aliphatic hydroxyl groups is 1. The van der Waals surface area contributed by atoms with Crippen molar-refractivity contribution in [2.45, 2.75) is 44.6 Å². The van der Waals surface area contributed by atoms with E-state index in [4.69, 9.17) is 0 Å². The third kappa shape index (κ3) is 3.14. The first-order valence-corrected chi connectivity index (χ1v) is 7.83. The Morgan fingerprint density at radius 1 is 1.44 bits per heavy atom. The summed E-state index contributed by atoms with van der Waals surface area (Å²) < 4.78 is 0. The summed E-state index contributed by atoms with van der Waals surface area (Å²) in [5.41, 5.74) is 0.0466. The summed E-state index contributed by atoms with van der Waals surface area (Å²) in [7, 11) is 0. The van der Waals surface area contributed by atoms with Gasteiger partial charge in [0.25, 0.3) is 0 Å². The number of hydrogen-bond acceptors (Lipinski definition) is 3. The van der Waals surface area contributed by atoms with Crippen LogP contribution >= 0.6 is 11.8 Å². The van der Waals surface area contributed by atoms with Gasteiger partial charge in [-0.1, -0.05) is 19.8 Å². The van der Waals surface area contributed by atoms with Gasteiger partial charge in [-0.3, -0.25) is 0 Å². The number of rotatable bonds is 4. The van der Waals surface area contributed by atoms with E-state index in [0.717, 1.165) is 31.2 Å². The summed E-state index contributed by atoms with van der Waals surface area (Å²) >= 11 is 2.07. The van der Waals surface area contributed by atoms with Crippen LogP contribution in [0.2, 0.25) is 0 Å². The highest BCUT2D eigenvalue weighted by atomic mass is 32.2. The molecule has 1 saturated carbocycles. The van der Waals surface area contributed by atoms with Gasteiger partial charge in [-0.15, -0.1) is 0 Å². The lowest BCUT2D eigenvalue weighted by atomic mass is 9.76. The Bertz CT molecular complexity index is 218. The Labute approximate surface area is 104 Å². The van der Waals surface area contributed by atoms with Crippen LogP contribution in [0.1, 0.15) is 39.0 Å². The standard InChI is InChI=1S/C13H25NOS/c1-11-3-2-5-13(7-11,10-15)14-8-12-4-6-16-9-12/h11-12,14-15H,2-10H2,1H3. The first kappa shape index (κ1) is 12.7. The van der Waals surface area contributed by atoms with Crippen LogP contribution in [0.15, 0.2) is 0 Å². The van der Waals surface area contributed by atoms with Gasteiger partial charge in [0.2, 0.25) is 0 Å². The molecule has 16 heavy (non-hydrogen) atoms. The second kappa shape index (κ2) is 5.74. The van der Waals surface area contributed by atoms with Crippen molar-refractivity contribution in [3.63, 3.8) is 0 Å². The Hall–Kier alpha value is 0.270. The molecule has 0 bridgehead atoms. The molecule has 2 aliphatic rings. The zero-order valence-electron chi connectivity index (χ0n) is 10.4. The lowest BCUT2D eigenvalue weighted by Gasteiger charge is -2.40. The molecule has 3 unspecified atom stereocenters. The fourth-order valence-electron chi connectivity index (χ4n) is 3.13. The van der Waals surface area contributed by atoms with E-state index in [1.54, 1.807) is 0 Å². The van der Waals surface area contributed by atoms with Crippen LogP contribution in [0.5, 0.6) is 0 Å². The highest BCUT2D eigenvalue weighted by Gasteiger charge is 2.34. The topological polar surface area (TPSA) is 32.3 Å². The Morgan fingerprint density at radius 3 is 2.94 bits per heavy atom. The van der Waals surface area contributed by atoms with E-state index in [1.165, 1.54) is 30.8 Å². The summed E-state index contributed by atoms with van der Waals surface area (Å²) in [5, 5.41) is 13.4. The minimum absolute atomic E-state index is 0.0466. The average molecular weight is 243 g/mol. The maximum Gasteiger partial charge on any atom is 0.0613 e. The van der Waals surface area contributed by atoms with Gasteiger partial charge in [0, 0.05) is 5.54 Å². The third-order valence-electron chi connectivity index (χ3n) is 4.18. The van der Waals surface area contributed by atoms with Gasteiger partial charge in [0.1, 0.15) is 0 Å². The molecule has 2 nitrogen and oxygen atoms in total. The van der Waals surface area contributed by atoms with E-state index < -0.39 is 0 Å². The predicted molar refractivity (Wildman–Crippen MR) is 70.9 cm³/mol. The molecule has 1 heterocycles. The fourth-order valence-corrected chi connectivity index (χ4v) is 4.41. The molecule has 0 spiro atoms. The van der Waals surface area contributed by atoms with Crippen molar-refractivity contribution in [2.75, 3.05) is 24.7 Å². The fraction of sp³-hybridized carbons (Fsp3) is 1.00. The van der Waals surface area contributed by atoms with E-state index in [-0.39, 0.29) is 5.54 Å². The van der Waals surface area contributed by atoms with Crippen LogP contribution in [-0.4, -0.2) is 35.3 Å². The minimum Gasteiger partial charge on any atom is -0.394 e. The molecule has 0 aromatic rings. The molecule has 0 aromatic carbocycles. The molecule has 2 rings (SSSR count). The van der Waals surface area contributed by atoms with Crippen molar-refractivity contribution in [2.24, 2.45) is 11.8 Å². The van der Waals surface area contributed by atoms with Crippen LogP contribution < -0.4 is 5.32 Å². The summed E-state index contributed by atoms with van der Waals surface area (Å²) in [5.74, 6) is 4.25. The summed E-state index contributed by atoms with van der Waals surface area (Å²) in [6.45, 7) is 3.74. The molecule has 1 aliphatic heterocycles. The van der Waals surface area contributed by atoms with Crippen molar-refractivity contribution >= 4 is 11.8 Å². The largest absolute Gasteiger partial charge is 0.394 e. The lowest BCUT2D eigenvalue weighted by Crippen LogP contribution is -2.52.